The maximum atomic E-state index is 11.9. The molecule has 0 unspecified atom stereocenters. The zero-order valence-electron chi connectivity index (χ0n) is 13.4. The molecule has 0 bridgehead atoms. The number of hydrogen-bond donors (Lipinski definition) is 5. The third-order valence-electron chi connectivity index (χ3n) is 3.52. The molecular weight excluding hydrogens is 292 g/mol. The second-order valence-electron chi connectivity index (χ2n) is 6.56. The molecule has 1 rings (SSSR count). The molecule has 5 N–H and O–H groups in total. The van der Waals surface area contributed by atoms with Crippen molar-refractivity contribution in [1.29, 1.82) is 0 Å². The molecule has 1 fully saturated rings. The highest BCUT2D eigenvalue weighted by molar-refractivity contribution is 5.74. The summed E-state index contributed by atoms with van der Waals surface area (Å²) in [5.74, 6) is -0.985. The molecule has 0 spiro atoms. The van der Waals surface area contributed by atoms with Crippen LogP contribution in [0.15, 0.2) is 0 Å². The van der Waals surface area contributed by atoms with E-state index in [0.717, 1.165) is 0 Å². The first-order valence-corrected chi connectivity index (χ1v) is 7.30. The lowest BCUT2D eigenvalue weighted by Crippen LogP contribution is -2.54. The van der Waals surface area contributed by atoms with Gasteiger partial charge in [-0.2, -0.15) is 0 Å². The molecule has 0 saturated heterocycles. The van der Waals surface area contributed by atoms with Crippen molar-refractivity contribution >= 4 is 12.0 Å². The quantitative estimate of drug-likeness (QED) is 0.458. The van der Waals surface area contributed by atoms with Crippen LogP contribution in [-0.2, 0) is 9.53 Å². The Morgan fingerprint density at radius 3 is 2.14 bits per heavy atom. The van der Waals surface area contributed by atoms with Crippen molar-refractivity contribution in [2.45, 2.75) is 64.0 Å². The van der Waals surface area contributed by atoms with Gasteiger partial charge in [0.15, 0.2) is 0 Å². The van der Waals surface area contributed by atoms with E-state index < -0.39 is 47.8 Å². The molecule has 1 aliphatic carbocycles. The Hall–Kier alpha value is -1.38. The molecule has 0 heterocycles. The van der Waals surface area contributed by atoms with Gasteiger partial charge in [-0.05, 0) is 27.2 Å². The number of nitrogens with one attached hydrogen (secondary N) is 2. The van der Waals surface area contributed by atoms with E-state index in [0.29, 0.717) is 0 Å². The van der Waals surface area contributed by atoms with Crippen LogP contribution in [0.1, 0.15) is 34.1 Å². The molecule has 2 amide bonds. The van der Waals surface area contributed by atoms with Gasteiger partial charge < -0.3 is 30.7 Å². The summed E-state index contributed by atoms with van der Waals surface area (Å²) in [4.78, 5) is 23.2. The predicted molar refractivity (Wildman–Crippen MR) is 78.0 cm³/mol. The van der Waals surface area contributed by atoms with Crippen LogP contribution in [0.3, 0.4) is 0 Å². The number of amides is 2. The molecule has 0 aliphatic heterocycles. The highest BCUT2D eigenvalue weighted by atomic mass is 16.6. The third kappa shape index (κ3) is 4.82. The number of alkyl carbamates (subject to hydrolysis) is 1. The minimum Gasteiger partial charge on any atom is -0.444 e. The first-order valence-electron chi connectivity index (χ1n) is 7.30. The van der Waals surface area contributed by atoms with Crippen LogP contribution in [-0.4, -0.2) is 63.8 Å². The fraction of sp³-hybridized carbons (Fsp3) is 0.857. The monoisotopic (exact) mass is 318 g/mol. The highest BCUT2D eigenvalue weighted by Crippen LogP contribution is 2.30. The first-order chi connectivity index (χ1) is 10.1. The van der Waals surface area contributed by atoms with E-state index in [4.69, 9.17) is 9.84 Å². The summed E-state index contributed by atoms with van der Waals surface area (Å²) in [6.07, 6.45) is -2.93. The van der Waals surface area contributed by atoms with Crippen molar-refractivity contribution in [3.63, 3.8) is 0 Å². The number of ether oxygens (including phenoxy) is 1. The van der Waals surface area contributed by atoms with E-state index >= 15 is 0 Å². The van der Waals surface area contributed by atoms with Crippen LogP contribution in [0.25, 0.3) is 0 Å². The van der Waals surface area contributed by atoms with E-state index in [1.807, 2.05) is 0 Å². The van der Waals surface area contributed by atoms with Crippen molar-refractivity contribution in [3.05, 3.63) is 0 Å². The van der Waals surface area contributed by atoms with Crippen molar-refractivity contribution in [2.24, 2.45) is 5.92 Å². The molecule has 8 heteroatoms. The van der Waals surface area contributed by atoms with Gasteiger partial charge in [0.05, 0.1) is 18.2 Å². The standard InChI is InChI=1S/C14H26N2O6/c1-7(18)15-10-9(16-13(21)22-14(2,3)4)8(5-6-17)11(19)12(10)20/h8-12,17,19-20H,5-6H2,1-4H3,(H,15,18)(H,16,21)/t8-,9-,10+,11-,12-/m1/s1. The Bertz CT molecular complexity index is 409. The van der Waals surface area contributed by atoms with Gasteiger partial charge in [-0.1, -0.05) is 0 Å². The topological polar surface area (TPSA) is 128 Å². The van der Waals surface area contributed by atoms with E-state index in [2.05, 4.69) is 10.6 Å². The Labute approximate surface area is 129 Å². The summed E-state index contributed by atoms with van der Waals surface area (Å²) in [6, 6.07) is -1.59. The van der Waals surface area contributed by atoms with Gasteiger partial charge in [-0.25, -0.2) is 4.79 Å². The van der Waals surface area contributed by atoms with Gasteiger partial charge in [0.25, 0.3) is 0 Å². The first kappa shape index (κ1) is 18.7. The summed E-state index contributed by atoms with van der Waals surface area (Å²) >= 11 is 0. The maximum Gasteiger partial charge on any atom is 0.407 e. The molecule has 0 aromatic carbocycles. The van der Waals surface area contributed by atoms with Gasteiger partial charge in [0.2, 0.25) is 5.91 Å². The van der Waals surface area contributed by atoms with E-state index in [1.54, 1.807) is 20.8 Å². The molecule has 5 atom stereocenters. The highest BCUT2D eigenvalue weighted by Gasteiger charge is 2.50. The van der Waals surface area contributed by atoms with Crippen molar-refractivity contribution < 1.29 is 29.6 Å². The lowest BCUT2D eigenvalue weighted by molar-refractivity contribution is -0.120. The smallest absolute Gasteiger partial charge is 0.407 e. The molecule has 0 aromatic heterocycles. The molecule has 8 nitrogen and oxygen atoms in total. The van der Waals surface area contributed by atoms with Gasteiger partial charge in [-0.3, -0.25) is 4.79 Å². The average Bonchev–Trinajstić information content (AvgIpc) is 2.54. The Morgan fingerprint density at radius 1 is 1.09 bits per heavy atom. The lowest BCUT2D eigenvalue weighted by Gasteiger charge is -2.28. The van der Waals surface area contributed by atoms with Crippen molar-refractivity contribution in [3.8, 4) is 0 Å². The third-order valence-corrected chi connectivity index (χ3v) is 3.52. The predicted octanol–water partition coefficient (Wildman–Crippen LogP) is -0.882. The van der Waals surface area contributed by atoms with Gasteiger partial charge in [0, 0.05) is 19.4 Å². The summed E-state index contributed by atoms with van der Waals surface area (Å²) < 4.78 is 5.16. The fourth-order valence-corrected chi connectivity index (χ4v) is 2.71. The largest absolute Gasteiger partial charge is 0.444 e. The van der Waals surface area contributed by atoms with Gasteiger partial charge in [0.1, 0.15) is 11.7 Å². The molecule has 0 aromatic rings. The minimum atomic E-state index is -1.24. The van der Waals surface area contributed by atoms with Crippen molar-refractivity contribution in [2.75, 3.05) is 6.61 Å². The zero-order chi connectivity index (χ0) is 17.1. The molecule has 0 radical (unpaired) electrons. The van der Waals surface area contributed by atoms with Gasteiger partial charge in [-0.15, -0.1) is 0 Å². The van der Waals surface area contributed by atoms with Crippen LogP contribution in [0.5, 0.6) is 0 Å². The fourth-order valence-electron chi connectivity index (χ4n) is 2.71. The van der Waals surface area contributed by atoms with E-state index in [9.17, 15) is 19.8 Å². The molecule has 1 aliphatic rings. The van der Waals surface area contributed by atoms with Crippen LogP contribution in [0.4, 0.5) is 4.79 Å². The second kappa shape index (κ2) is 7.26. The molecule has 22 heavy (non-hydrogen) atoms. The number of aliphatic hydroxyl groups excluding tert-OH is 3. The number of aliphatic hydroxyl groups is 3. The summed E-state index contributed by atoms with van der Waals surface area (Å²) in [5.41, 5.74) is -0.699. The Kier molecular flexibility index (Phi) is 6.16. The molecule has 128 valence electrons. The summed E-state index contributed by atoms with van der Waals surface area (Å²) in [7, 11) is 0. The van der Waals surface area contributed by atoms with Crippen LogP contribution in [0, 0.1) is 5.92 Å². The number of rotatable bonds is 4. The number of carbonyl (C=O) groups is 2. The normalized spacial score (nSPS) is 31.7. The number of carbonyl (C=O) groups excluding carboxylic acids is 2. The van der Waals surface area contributed by atoms with E-state index in [-0.39, 0.29) is 13.0 Å². The lowest BCUT2D eigenvalue weighted by atomic mass is 9.97. The SMILES string of the molecule is CC(=O)N[C@@H]1[C@@H](O)[C@H](O)[C@H](CCO)[C@H]1NC(=O)OC(C)(C)C. The van der Waals surface area contributed by atoms with Gasteiger partial charge >= 0.3 is 6.09 Å². The minimum absolute atomic E-state index is 0.175. The van der Waals surface area contributed by atoms with Crippen LogP contribution in [0.2, 0.25) is 0 Å². The summed E-state index contributed by atoms with van der Waals surface area (Å²) in [5, 5.41) is 34.4. The summed E-state index contributed by atoms with van der Waals surface area (Å²) in [6.45, 7) is 6.20. The average molecular weight is 318 g/mol. The van der Waals surface area contributed by atoms with E-state index in [1.165, 1.54) is 6.92 Å². The molecular formula is C14H26N2O6. The Balaban J connectivity index is 2.90. The Morgan fingerprint density at radius 2 is 1.68 bits per heavy atom. The van der Waals surface area contributed by atoms with Crippen molar-refractivity contribution in [1.82, 2.24) is 10.6 Å². The maximum absolute atomic E-state index is 11.9. The second-order valence-corrected chi connectivity index (χ2v) is 6.56. The zero-order valence-corrected chi connectivity index (χ0v) is 13.4. The number of hydrogen-bond acceptors (Lipinski definition) is 6. The molecule has 1 saturated carbocycles. The van der Waals surface area contributed by atoms with Crippen LogP contribution >= 0.6 is 0 Å². The van der Waals surface area contributed by atoms with Crippen LogP contribution < -0.4 is 10.6 Å².